The molecule has 0 N–H and O–H groups in total. The van der Waals surface area contributed by atoms with Crippen LogP contribution in [0.4, 0.5) is 0 Å². The molecular weight excluding hydrogens is 282 g/mol. The molecule has 6 nitrogen and oxygen atoms in total. The number of esters is 1. The van der Waals surface area contributed by atoms with E-state index in [4.69, 9.17) is 4.74 Å². The standard InChI is InChI=1S/C16H27N3O3/c1-3-5-7-15(20)19(12-8-16(21)22-4-2)11-6-10-18-13-9-17-14-18/h9,13-14H,3-8,10-12H2,1-2H3. The first-order valence-corrected chi connectivity index (χ1v) is 8.06. The highest BCUT2D eigenvalue weighted by Crippen LogP contribution is 2.05. The topological polar surface area (TPSA) is 64.4 Å². The average molecular weight is 309 g/mol. The summed E-state index contributed by atoms with van der Waals surface area (Å²) in [7, 11) is 0. The first kappa shape index (κ1) is 18.2. The van der Waals surface area contributed by atoms with Crippen LogP contribution < -0.4 is 0 Å². The minimum absolute atomic E-state index is 0.122. The SMILES string of the molecule is CCCCC(=O)N(CCCn1ccnc1)CCC(=O)OCC. The molecule has 1 rings (SSSR count). The lowest BCUT2D eigenvalue weighted by Gasteiger charge is -2.22. The summed E-state index contributed by atoms with van der Waals surface area (Å²) in [6, 6.07) is 0. The van der Waals surface area contributed by atoms with Gasteiger partial charge in [0.05, 0.1) is 19.4 Å². The molecule has 1 heterocycles. The summed E-state index contributed by atoms with van der Waals surface area (Å²) < 4.78 is 6.91. The number of carbonyl (C=O) groups excluding carboxylic acids is 2. The van der Waals surface area contributed by atoms with Crippen molar-refractivity contribution in [3.8, 4) is 0 Å². The van der Waals surface area contributed by atoms with Crippen molar-refractivity contribution in [3.63, 3.8) is 0 Å². The van der Waals surface area contributed by atoms with Gasteiger partial charge in [-0.2, -0.15) is 0 Å². The van der Waals surface area contributed by atoms with Gasteiger partial charge in [0.15, 0.2) is 0 Å². The number of carbonyl (C=O) groups is 2. The van der Waals surface area contributed by atoms with E-state index in [0.717, 1.165) is 25.8 Å². The van der Waals surface area contributed by atoms with E-state index >= 15 is 0 Å². The molecule has 1 amide bonds. The number of hydrogen-bond donors (Lipinski definition) is 0. The summed E-state index contributed by atoms with van der Waals surface area (Å²) in [6.45, 7) is 6.13. The molecule has 1 aromatic rings. The van der Waals surface area contributed by atoms with Crippen LogP contribution in [-0.4, -0.2) is 46.0 Å². The molecule has 0 aliphatic heterocycles. The van der Waals surface area contributed by atoms with Crippen molar-refractivity contribution >= 4 is 11.9 Å². The molecule has 0 aliphatic rings. The molecule has 0 radical (unpaired) electrons. The second kappa shape index (κ2) is 10.8. The first-order valence-electron chi connectivity index (χ1n) is 8.06. The van der Waals surface area contributed by atoms with Crippen molar-refractivity contribution in [1.29, 1.82) is 0 Å². The molecule has 0 bridgehead atoms. The number of imidazole rings is 1. The second-order valence-corrected chi connectivity index (χ2v) is 5.19. The molecule has 22 heavy (non-hydrogen) atoms. The summed E-state index contributed by atoms with van der Waals surface area (Å²) in [5, 5.41) is 0. The Morgan fingerprint density at radius 1 is 1.18 bits per heavy atom. The highest BCUT2D eigenvalue weighted by atomic mass is 16.5. The van der Waals surface area contributed by atoms with Crippen LogP contribution in [0.15, 0.2) is 18.7 Å². The maximum absolute atomic E-state index is 12.2. The highest BCUT2D eigenvalue weighted by molar-refractivity contribution is 5.77. The van der Waals surface area contributed by atoms with Crippen LogP contribution in [0, 0.1) is 0 Å². The number of hydrogen-bond acceptors (Lipinski definition) is 4. The second-order valence-electron chi connectivity index (χ2n) is 5.19. The lowest BCUT2D eigenvalue weighted by molar-refractivity contribution is -0.144. The maximum atomic E-state index is 12.2. The van der Waals surface area contributed by atoms with E-state index in [9.17, 15) is 9.59 Å². The molecule has 0 saturated heterocycles. The van der Waals surface area contributed by atoms with Crippen molar-refractivity contribution in [3.05, 3.63) is 18.7 Å². The van der Waals surface area contributed by atoms with Crippen LogP contribution in [0.3, 0.4) is 0 Å². The van der Waals surface area contributed by atoms with E-state index in [2.05, 4.69) is 11.9 Å². The van der Waals surface area contributed by atoms with Gasteiger partial charge in [-0.05, 0) is 19.8 Å². The predicted octanol–water partition coefficient (Wildman–Crippen LogP) is 2.25. The fourth-order valence-corrected chi connectivity index (χ4v) is 2.17. The van der Waals surface area contributed by atoms with Gasteiger partial charge in [0.2, 0.25) is 5.91 Å². The summed E-state index contributed by atoms with van der Waals surface area (Å²) >= 11 is 0. The largest absolute Gasteiger partial charge is 0.466 e. The molecule has 6 heteroatoms. The Kier molecular flexibility index (Phi) is 8.95. The third-order valence-electron chi connectivity index (χ3n) is 3.39. The lowest BCUT2D eigenvalue weighted by atomic mass is 10.2. The van der Waals surface area contributed by atoms with Crippen molar-refractivity contribution in [2.45, 2.75) is 52.5 Å². The third kappa shape index (κ3) is 7.24. The monoisotopic (exact) mass is 309 g/mol. The van der Waals surface area contributed by atoms with E-state index in [1.165, 1.54) is 0 Å². The number of aryl methyl sites for hydroxylation is 1. The van der Waals surface area contributed by atoms with E-state index in [0.29, 0.717) is 26.1 Å². The number of ether oxygens (including phenoxy) is 1. The predicted molar refractivity (Wildman–Crippen MR) is 84.2 cm³/mol. The number of aromatic nitrogens is 2. The van der Waals surface area contributed by atoms with Gasteiger partial charge in [-0.3, -0.25) is 9.59 Å². The molecule has 0 spiro atoms. The summed E-state index contributed by atoms with van der Waals surface area (Å²) in [4.78, 5) is 29.5. The van der Waals surface area contributed by atoms with Crippen LogP contribution in [0.2, 0.25) is 0 Å². The Morgan fingerprint density at radius 3 is 2.64 bits per heavy atom. The molecule has 124 valence electrons. The molecule has 0 saturated carbocycles. The van der Waals surface area contributed by atoms with Gasteiger partial charge >= 0.3 is 5.97 Å². The van der Waals surface area contributed by atoms with Gasteiger partial charge in [-0.25, -0.2) is 4.98 Å². The van der Waals surface area contributed by atoms with Crippen LogP contribution in [0.25, 0.3) is 0 Å². The summed E-state index contributed by atoms with van der Waals surface area (Å²) in [6.07, 6.45) is 8.94. The van der Waals surface area contributed by atoms with Crippen molar-refractivity contribution in [1.82, 2.24) is 14.5 Å². The fraction of sp³-hybridized carbons (Fsp3) is 0.688. The van der Waals surface area contributed by atoms with Gasteiger partial charge in [0.25, 0.3) is 0 Å². The van der Waals surface area contributed by atoms with Crippen LogP contribution in [-0.2, 0) is 20.9 Å². The molecular formula is C16H27N3O3. The zero-order chi connectivity index (χ0) is 16.2. The van der Waals surface area contributed by atoms with Crippen molar-refractivity contribution in [2.24, 2.45) is 0 Å². The molecule has 0 atom stereocenters. The summed E-state index contributed by atoms with van der Waals surface area (Å²) in [5.74, 6) is -0.123. The van der Waals surface area contributed by atoms with Gasteiger partial charge < -0.3 is 14.2 Å². The highest BCUT2D eigenvalue weighted by Gasteiger charge is 2.14. The average Bonchev–Trinajstić information content (AvgIpc) is 3.01. The van der Waals surface area contributed by atoms with Crippen molar-refractivity contribution < 1.29 is 14.3 Å². The Morgan fingerprint density at radius 2 is 2.00 bits per heavy atom. The zero-order valence-corrected chi connectivity index (χ0v) is 13.7. The minimum Gasteiger partial charge on any atom is -0.466 e. The number of unbranched alkanes of at least 4 members (excludes halogenated alkanes) is 1. The molecule has 0 unspecified atom stereocenters. The van der Waals surface area contributed by atoms with Crippen LogP contribution in [0.5, 0.6) is 0 Å². The first-order chi connectivity index (χ1) is 10.7. The van der Waals surface area contributed by atoms with Crippen LogP contribution >= 0.6 is 0 Å². The Hall–Kier alpha value is -1.85. The number of nitrogens with zero attached hydrogens (tertiary/aromatic N) is 3. The van der Waals surface area contributed by atoms with Gasteiger partial charge in [0, 0.05) is 38.4 Å². The minimum atomic E-state index is -0.245. The van der Waals surface area contributed by atoms with Gasteiger partial charge in [0.1, 0.15) is 0 Å². The zero-order valence-electron chi connectivity index (χ0n) is 13.7. The van der Waals surface area contributed by atoms with Gasteiger partial charge in [-0.15, -0.1) is 0 Å². The third-order valence-corrected chi connectivity index (χ3v) is 3.39. The molecule has 0 aliphatic carbocycles. The van der Waals surface area contributed by atoms with E-state index in [-0.39, 0.29) is 18.3 Å². The molecule has 0 fully saturated rings. The summed E-state index contributed by atoms with van der Waals surface area (Å²) in [5.41, 5.74) is 0. The number of amides is 1. The Bertz CT molecular complexity index is 432. The van der Waals surface area contributed by atoms with E-state index in [1.54, 1.807) is 24.3 Å². The quantitative estimate of drug-likeness (QED) is 0.588. The lowest BCUT2D eigenvalue weighted by Crippen LogP contribution is -2.34. The van der Waals surface area contributed by atoms with Crippen molar-refractivity contribution in [2.75, 3.05) is 19.7 Å². The number of rotatable bonds is 11. The Labute approximate surface area is 132 Å². The smallest absolute Gasteiger partial charge is 0.307 e. The van der Waals surface area contributed by atoms with Crippen LogP contribution in [0.1, 0.15) is 46.0 Å². The molecule has 0 aromatic carbocycles. The normalized spacial score (nSPS) is 10.5. The van der Waals surface area contributed by atoms with E-state index in [1.807, 2.05) is 10.8 Å². The van der Waals surface area contributed by atoms with Gasteiger partial charge in [-0.1, -0.05) is 13.3 Å². The Balaban J connectivity index is 2.41. The maximum Gasteiger partial charge on any atom is 0.307 e. The van der Waals surface area contributed by atoms with E-state index < -0.39 is 0 Å². The molecule has 1 aromatic heterocycles. The fourth-order valence-electron chi connectivity index (χ4n) is 2.17.